The van der Waals surface area contributed by atoms with Gasteiger partial charge in [-0.25, -0.2) is 0 Å². The van der Waals surface area contributed by atoms with Crippen LogP contribution in [0.3, 0.4) is 0 Å². The Kier molecular flexibility index (Phi) is 2.75. The lowest BCUT2D eigenvalue weighted by Crippen LogP contribution is -2.29. The maximum atomic E-state index is 3.63. The lowest BCUT2D eigenvalue weighted by atomic mass is 10.2. The molecule has 1 atom stereocenters. The van der Waals surface area contributed by atoms with Crippen LogP contribution in [0, 0.1) is 5.92 Å². The molecular formula is C9H17NS. The molecule has 2 fully saturated rings. The molecular weight excluding hydrogens is 154 g/mol. The summed E-state index contributed by atoms with van der Waals surface area (Å²) >= 11 is 2.09. The van der Waals surface area contributed by atoms with Crippen LogP contribution in [0.2, 0.25) is 0 Å². The first kappa shape index (κ1) is 7.93. The summed E-state index contributed by atoms with van der Waals surface area (Å²) in [5.74, 6) is 3.82. The summed E-state index contributed by atoms with van der Waals surface area (Å²) in [4.78, 5) is 0. The van der Waals surface area contributed by atoms with Crippen LogP contribution in [0.15, 0.2) is 0 Å². The van der Waals surface area contributed by atoms with Gasteiger partial charge in [0.15, 0.2) is 0 Å². The Labute approximate surface area is 73.3 Å². The fourth-order valence-corrected chi connectivity index (χ4v) is 2.78. The Morgan fingerprint density at radius 1 is 1.27 bits per heavy atom. The monoisotopic (exact) mass is 171 g/mol. The molecule has 1 saturated carbocycles. The molecule has 2 rings (SSSR count). The van der Waals surface area contributed by atoms with Crippen molar-refractivity contribution in [3.05, 3.63) is 0 Å². The van der Waals surface area contributed by atoms with E-state index in [0.717, 1.165) is 12.0 Å². The molecule has 0 amide bonds. The molecule has 0 aromatic heterocycles. The Hall–Kier alpha value is 0.310. The van der Waals surface area contributed by atoms with Gasteiger partial charge in [-0.15, -0.1) is 0 Å². The standard InChI is InChI=1S/C9H17NS/c1-2-8(1)3-5-10-9-4-6-11-7-9/h8-10H,1-7H2. The lowest BCUT2D eigenvalue weighted by Gasteiger charge is -2.09. The summed E-state index contributed by atoms with van der Waals surface area (Å²) in [5, 5.41) is 3.63. The van der Waals surface area contributed by atoms with Crippen molar-refractivity contribution in [3.8, 4) is 0 Å². The lowest BCUT2D eigenvalue weighted by molar-refractivity contribution is 0.529. The average Bonchev–Trinajstić information content (AvgIpc) is 2.66. The van der Waals surface area contributed by atoms with Gasteiger partial charge in [-0.2, -0.15) is 11.8 Å². The molecule has 0 aromatic rings. The predicted octanol–water partition coefficient (Wildman–Crippen LogP) is 1.88. The van der Waals surface area contributed by atoms with Crippen LogP contribution in [-0.2, 0) is 0 Å². The molecule has 11 heavy (non-hydrogen) atoms. The van der Waals surface area contributed by atoms with Gasteiger partial charge in [0.1, 0.15) is 0 Å². The van der Waals surface area contributed by atoms with Crippen molar-refractivity contribution in [2.24, 2.45) is 5.92 Å². The van der Waals surface area contributed by atoms with Gasteiger partial charge in [-0.1, -0.05) is 12.8 Å². The number of nitrogens with one attached hydrogen (secondary N) is 1. The second-order valence-corrected chi connectivity index (χ2v) is 4.90. The quantitative estimate of drug-likeness (QED) is 0.693. The molecule has 0 aromatic carbocycles. The molecule has 1 unspecified atom stereocenters. The molecule has 2 heteroatoms. The highest BCUT2D eigenvalue weighted by atomic mass is 32.2. The Morgan fingerprint density at radius 3 is 2.82 bits per heavy atom. The highest BCUT2D eigenvalue weighted by Crippen LogP contribution is 2.31. The highest BCUT2D eigenvalue weighted by molar-refractivity contribution is 7.99. The summed E-state index contributed by atoms with van der Waals surface area (Å²) in [6.07, 6.45) is 5.83. The van der Waals surface area contributed by atoms with E-state index in [4.69, 9.17) is 0 Å². The SMILES string of the molecule is C(CC1CC1)NC1CCSC1. The molecule has 0 spiro atoms. The van der Waals surface area contributed by atoms with E-state index in [2.05, 4.69) is 17.1 Å². The van der Waals surface area contributed by atoms with Gasteiger partial charge in [0.05, 0.1) is 0 Å². The van der Waals surface area contributed by atoms with Gasteiger partial charge in [0.25, 0.3) is 0 Å². The van der Waals surface area contributed by atoms with Crippen molar-refractivity contribution in [2.75, 3.05) is 18.1 Å². The third kappa shape index (κ3) is 2.68. The highest BCUT2D eigenvalue weighted by Gasteiger charge is 2.21. The van der Waals surface area contributed by atoms with Crippen LogP contribution >= 0.6 is 11.8 Å². The number of hydrogen-bond acceptors (Lipinski definition) is 2. The van der Waals surface area contributed by atoms with Gasteiger partial charge in [-0.05, 0) is 31.1 Å². The molecule has 1 nitrogen and oxygen atoms in total. The summed E-state index contributed by atoms with van der Waals surface area (Å²) in [6.45, 7) is 1.27. The first-order valence-electron chi connectivity index (χ1n) is 4.76. The van der Waals surface area contributed by atoms with Crippen molar-refractivity contribution in [1.82, 2.24) is 5.32 Å². The molecule has 64 valence electrons. The molecule has 0 radical (unpaired) electrons. The minimum atomic E-state index is 0.846. The number of hydrogen-bond donors (Lipinski definition) is 1. The van der Waals surface area contributed by atoms with Crippen LogP contribution in [0.4, 0.5) is 0 Å². The maximum Gasteiger partial charge on any atom is 0.0166 e. The smallest absolute Gasteiger partial charge is 0.0166 e. The predicted molar refractivity (Wildman–Crippen MR) is 51.1 cm³/mol. The average molecular weight is 171 g/mol. The first-order valence-corrected chi connectivity index (χ1v) is 5.92. The summed E-state index contributed by atoms with van der Waals surface area (Å²) in [7, 11) is 0. The zero-order chi connectivity index (χ0) is 7.52. The molecule has 0 bridgehead atoms. The van der Waals surface area contributed by atoms with Crippen molar-refractivity contribution in [3.63, 3.8) is 0 Å². The number of rotatable bonds is 4. The Morgan fingerprint density at radius 2 is 2.18 bits per heavy atom. The van der Waals surface area contributed by atoms with Crippen molar-refractivity contribution in [1.29, 1.82) is 0 Å². The molecule has 1 heterocycles. The summed E-state index contributed by atoms with van der Waals surface area (Å²) < 4.78 is 0. The molecule has 2 aliphatic rings. The third-order valence-electron chi connectivity index (χ3n) is 2.61. The second-order valence-electron chi connectivity index (χ2n) is 3.75. The second kappa shape index (κ2) is 3.81. The zero-order valence-corrected chi connectivity index (χ0v) is 7.83. The van der Waals surface area contributed by atoms with E-state index in [1.165, 1.54) is 43.7 Å². The maximum absolute atomic E-state index is 3.63. The van der Waals surface area contributed by atoms with Crippen LogP contribution < -0.4 is 5.32 Å². The van der Waals surface area contributed by atoms with Crippen LogP contribution in [0.1, 0.15) is 25.7 Å². The van der Waals surface area contributed by atoms with E-state index >= 15 is 0 Å². The van der Waals surface area contributed by atoms with Gasteiger partial charge < -0.3 is 5.32 Å². The van der Waals surface area contributed by atoms with E-state index in [0.29, 0.717) is 0 Å². The summed E-state index contributed by atoms with van der Waals surface area (Å²) in [6, 6.07) is 0.846. The van der Waals surface area contributed by atoms with E-state index in [1.54, 1.807) is 0 Å². The van der Waals surface area contributed by atoms with E-state index in [9.17, 15) is 0 Å². The normalized spacial score (nSPS) is 31.1. The molecule has 1 N–H and O–H groups in total. The van der Waals surface area contributed by atoms with E-state index in [1.807, 2.05) is 0 Å². The van der Waals surface area contributed by atoms with Gasteiger partial charge in [-0.3, -0.25) is 0 Å². The van der Waals surface area contributed by atoms with Crippen LogP contribution in [-0.4, -0.2) is 24.1 Å². The first-order chi connectivity index (χ1) is 5.45. The van der Waals surface area contributed by atoms with Crippen molar-refractivity contribution < 1.29 is 0 Å². The van der Waals surface area contributed by atoms with Crippen LogP contribution in [0.25, 0.3) is 0 Å². The van der Waals surface area contributed by atoms with Crippen LogP contribution in [0.5, 0.6) is 0 Å². The fraction of sp³-hybridized carbons (Fsp3) is 1.00. The minimum Gasteiger partial charge on any atom is -0.313 e. The number of thioether (sulfide) groups is 1. The minimum absolute atomic E-state index is 0.846. The van der Waals surface area contributed by atoms with Crippen molar-refractivity contribution >= 4 is 11.8 Å². The Balaban J connectivity index is 1.51. The topological polar surface area (TPSA) is 12.0 Å². The third-order valence-corrected chi connectivity index (χ3v) is 3.77. The van der Waals surface area contributed by atoms with E-state index in [-0.39, 0.29) is 0 Å². The molecule has 1 aliphatic heterocycles. The van der Waals surface area contributed by atoms with Gasteiger partial charge in [0, 0.05) is 11.8 Å². The van der Waals surface area contributed by atoms with Gasteiger partial charge in [0.2, 0.25) is 0 Å². The Bertz CT molecular complexity index is 117. The molecule has 1 saturated heterocycles. The zero-order valence-electron chi connectivity index (χ0n) is 7.01. The van der Waals surface area contributed by atoms with E-state index < -0.39 is 0 Å². The molecule has 1 aliphatic carbocycles. The summed E-state index contributed by atoms with van der Waals surface area (Å²) in [5.41, 5.74) is 0. The van der Waals surface area contributed by atoms with Crippen molar-refractivity contribution in [2.45, 2.75) is 31.7 Å². The largest absolute Gasteiger partial charge is 0.313 e. The van der Waals surface area contributed by atoms with Gasteiger partial charge >= 0.3 is 0 Å². The fourth-order valence-electron chi connectivity index (χ4n) is 1.59.